The van der Waals surface area contributed by atoms with E-state index in [-0.39, 0.29) is 11.3 Å². The molecule has 0 atom stereocenters. The van der Waals surface area contributed by atoms with Gasteiger partial charge in [-0.25, -0.2) is 0 Å². The third-order valence-corrected chi connectivity index (χ3v) is 3.91. The van der Waals surface area contributed by atoms with Crippen molar-refractivity contribution in [2.75, 3.05) is 0 Å². The third-order valence-electron chi connectivity index (χ3n) is 2.89. The number of aryl methyl sites for hydroxylation is 1. The van der Waals surface area contributed by atoms with Crippen molar-refractivity contribution in [1.29, 1.82) is 0 Å². The van der Waals surface area contributed by atoms with E-state index in [2.05, 4.69) is 16.8 Å². The van der Waals surface area contributed by atoms with Crippen LogP contribution in [0.25, 0.3) is 0 Å². The van der Waals surface area contributed by atoms with Gasteiger partial charge in [0.1, 0.15) is 5.82 Å². The topological polar surface area (TPSA) is 30.7 Å². The number of allylic oxidation sites excluding steroid dienone is 1. The molecule has 2 aromatic rings. The molecule has 0 spiro atoms. The Balaban J connectivity index is 2.20. The van der Waals surface area contributed by atoms with Gasteiger partial charge in [-0.1, -0.05) is 36.0 Å². The number of alkyl halides is 3. The summed E-state index contributed by atoms with van der Waals surface area (Å²) in [5.74, 6) is 0.895. The second-order valence-corrected chi connectivity index (χ2v) is 5.32. The average molecular weight is 313 g/mol. The highest BCUT2D eigenvalue weighted by Crippen LogP contribution is 2.34. The molecule has 2 rings (SSSR count). The lowest BCUT2D eigenvalue weighted by atomic mass is 10.1. The van der Waals surface area contributed by atoms with Gasteiger partial charge < -0.3 is 4.57 Å². The minimum Gasteiger partial charge on any atom is -0.302 e. The number of rotatable bonds is 5. The van der Waals surface area contributed by atoms with Gasteiger partial charge in [-0.05, 0) is 18.6 Å². The van der Waals surface area contributed by atoms with Gasteiger partial charge in [0, 0.05) is 12.3 Å². The van der Waals surface area contributed by atoms with Gasteiger partial charge in [-0.15, -0.1) is 16.8 Å². The van der Waals surface area contributed by atoms with Crippen LogP contribution in [-0.2, 0) is 18.5 Å². The normalized spacial score (nSPS) is 11.6. The maximum absolute atomic E-state index is 12.9. The maximum Gasteiger partial charge on any atom is 0.416 e. The van der Waals surface area contributed by atoms with E-state index in [0.29, 0.717) is 17.5 Å². The highest BCUT2D eigenvalue weighted by molar-refractivity contribution is 7.98. The molecule has 0 saturated carbocycles. The molecule has 21 heavy (non-hydrogen) atoms. The Bertz CT molecular complexity index is 635. The van der Waals surface area contributed by atoms with Crippen molar-refractivity contribution in [3.05, 3.63) is 53.9 Å². The van der Waals surface area contributed by atoms with Crippen LogP contribution in [0.2, 0.25) is 0 Å². The Morgan fingerprint density at radius 2 is 2.00 bits per heavy atom. The smallest absolute Gasteiger partial charge is 0.302 e. The lowest BCUT2D eigenvalue weighted by Crippen LogP contribution is -2.08. The van der Waals surface area contributed by atoms with Crippen molar-refractivity contribution in [3.8, 4) is 0 Å². The first-order valence-electron chi connectivity index (χ1n) is 6.22. The summed E-state index contributed by atoms with van der Waals surface area (Å²) in [4.78, 5) is 0. The van der Waals surface area contributed by atoms with E-state index in [4.69, 9.17) is 0 Å². The molecule has 0 aliphatic heterocycles. The molecule has 1 aromatic carbocycles. The van der Waals surface area contributed by atoms with Crippen LogP contribution in [0, 0.1) is 6.92 Å². The minimum absolute atomic E-state index is 0.185. The SMILES string of the molecule is C=CCn1c(C)nnc1SCc1ccccc1C(F)(F)F. The van der Waals surface area contributed by atoms with Crippen LogP contribution in [0.5, 0.6) is 0 Å². The molecule has 0 radical (unpaired) electrons. The van der Waals surface area contributed by atoms with Gasteiger partial charge in [0.05, 0.1) is 5.56 Å². The van der Waals surface area contributed by atoms with E-state index in [1.807, 2.05) is 4.57 Å². The van der Waals surface area contributed by atoms with Gasteiger partial charge in [-0.3, -0.25) is 0 Å². The van der Waals surface area contributed by atoms with Crippen LogP contribution < -0.4 is 0 Å². The summed E-state index contributed by atoms with van der Waals surface area (Å²) in [6.07, 6.45) is -2.65. The summed E-state index contributed by atoms with van der Waals surface area (Å²) < 4.78 is 40.6. The number of aromatic nitrogens is 3. The Hall–Kier alpha value is -1.76. The first kappa shape index (κ1) is 15.6. The number of hydrogen-bond donors (Lipinski definition) is 0. The summed E-state index contributed by atoms with van der Waals surface area (Å²) >= 11 is 1.23. The van der Waals surface area contributed by atoms with Crippen molar-refractivity contribution in [1.82, 2.24) is 14.8 Å². The average Bonchev–Trinajstić information content (AvgIpc) is 2.78. The highest BCUT2D eigenvalue weighted by Gasteiger charge is 2.32. The molecule has 0 amide bonds. The second kappa shape index (κ2) is 6.34. The monoisotopic (exact) mass is 313 g/mol. The lowest BCUT2D eigenvalue weighted by molar-refractivity contribution is -0.138. The van der Waals surface area contributed by atoms with E-state index >= 15 is 0 Å². The van der Waals surface area contributed by atoms with Crippen LogP contribution >= 0.6 is 11.8 Å². The molecule has 0 bridgehead atoms. The fourth-order valence-corrected chi connectivity index (χ4v) is 2.87. The zero-order valence-electron chi connectivity index (χ0n) is 11.4. The second-order valence-electron chi connectivity index (χ2n) is 4.37. The van der Waals surface area contributed by atoms with Crippen LogP contribution in [0.15, 0.2) is 42.1 Å². The summed E-state index contributed by atoms with van der Waals surface area (Å²) in [7, 11) is 0. The third kappa shape index (κ3) is 3.66. The van der Waals surface area contributed by atoms with Gasteiger partial charge in [0.15, 0.2) is 5.16 Å². The van der Waals surface area contributed by atoms with E-state index in [1.54, 1.807) is 19.1 Å². The maximum atomic E-state index is 12.9. The quantitative estimate of drug-likeness (QED) is 0.615. The van der Waals surface area contributed by atoms with Crippen molar-refractivity contribution in [2.24, 2.45) is 0 Å². The lowest BCUT2D eigenvalue weighted by Gasteiger charge is -2.12. The molecule has 1 heterocycles. The van der Waals surface area contributed by atoms with Crippen molar-refractivity contribution in [3.63, 3.8) is 0 Å². The highest BCUT2D eigenvalue weighted by atomic mass is 32.2. The fourth-order valence-electron chi connectivity index (χ4n) is 1.87. The van der Waals surface area contributed by atoms with E-state index < -0.39 is 11.7 Å². The summed E-state index contributed by atoms with van der Waals surface area (Å²) in [6.45, 7) is 5.97. The van der Waals surface area contributed by atoms with Crippen molar-refractivity contribution >= 4 is 11.8 Å². The summed E-state index contributed by atoms with van der Waals surface area (Å²) in [6, 6.07) is 5.57. The van der Waals surface area contributed by atoms with Crippen LogP contribution in [0.4, 0.5) is 13.2 Å². The molecule has 0 saturated heterocycles. The standard InChI is InChI=1S/C14H14F3N3S/c1-3-8-20-10(2)18-19-13(20)21-9-11-6-4-5-7-12(11)14(15,16)17/h3-7H,1,8-9H2,2H3. The zero-order chi connectivity index (χ0) is 15.5. The minimum atomic E-state index is -4.35. The molecule has 0 N–H and O–H groups in total. The van der Waals surface area contributed by atoms with E-state index in [1.165, 1.54) is 23.9 Å². The number of nitrogens with zero attached hydrogens (tertiary/aromatic N) is 3. The van der Waals surface area contributed by atoms with Gasteiger partial charge in [0.2, 0.25) is 0 Å². The fraction of sp³-hybridized carbons (Fsp3) is 0.286. The Kier molecular flexibility index (Phi) is 4.72. The van der Waals surface area contributed by atoms with Crippen LogP contribution in [0.1, 0.15) is 17.0 Å². The molecule has 7 heteroatoms. The molecule has 0 unspecified atom stereocenters. The van der Waals surface area contributed by atoms with E-state index in [0.717, 1.165) is 6.07 Å². The summed E-state index contributed by atoms with van der Waals surface area (Å²) in [5, 5.41) is 8.52. The molecule has 0 aliphatic rings. The van der Waals surface area contributed by atoms with E-state index in [9.17, 15) is 13.2 Å². The van der Waals surface area contributed by atoms with Crippen LogP contribution in [-0.4, -0.2) is 14.8 Å². The Morgan fingerprint density at radius 3 is 2.67 bits per heavy atom. The van der Waals surface area contributed by atoms with Gasteiger partial charge in [0.25, 0.3) is 0 Å². The first-order valence-corrected chi connectivity index (χ1v) is 7.20. The largest absolute Gasteiger partial charge is 0.416 e. The Labute approximate surface area is 124 Å². The number of thioether (sulfide) groups is 1. The number of halogens is 3. The molecule has 0 fully saturated rings. The predicted molar refractivity (Wildman–Crippen MR) is 76.0 cm³/mol. The van der Waals surface area contributed by atoms with Crippen molar-refractivity contribution in [2.45, 2.75) is 30.6 Å². The zero-order valence-corrected chi connectivity index (χ0v) is 12.2. The molecule has 0 aliphatic carbocycles. The summed E-state index contributed by atoms with van der Waals surface area (Å²) in [5.41, 5.74) is -0.371. The van der Waals surface area contributed by atoms with Gasteiger partial charge in [-0.2, -0.15) is 13.2 Å². The first-order chi connectivity index (χ1) is 9.93. The number of hydrogen-bond acceptors (Lipinski definition) is 3. The molecule has 3 nitrogen and oxygen atoms in total. The van der Waals surface area contributed by atoms with Crippen molar-refractivity contribution < 1.29 is 13.2 Å². The van der Waals surface area contributed by atoms with Gasteiger partial charge >= 0.3 is 6.18 Å². The van der Waals surface area contributed by atoms with Crippen LogP contribution in [0.3, 0.4) is 0 Å². The molecular weight excluding hydrogens is 299 g/mol. The Morgan fingerprint density at radius 1 is 1.29 bits per heavy atom. The molecule has 1 aromatic heterocycles. The molecule has 112 valence electrons. The predicted octanol–water partition coefficient (Wildman–Crippen LogP) is 4.08. The number of benzene rings is 1. The molecular formula is C14H14F3N3S.